The van der Waals surface area contributed by atoms with Gasteiger partial charge in [0, 0.05) is 6.54 Å². The molecule has 6 nitrogen and oxygen atoms in total. The van der Waals surface area contributed by atoms with Crippen molar-refractivity contribution in [2.45, 2.75) is 13.5 Å². The summed E-state index contributed by atoms with van der Waals surface area (Å²) in [6.45, 7) is 2.10. The molecule has 3 N–H and O–H groups in total. The van der Waals surface area contributed by atoms with E-state index in [0.717, 1.165) is 16.9 Å². The number of benzene rings is 1. The van der Waals surface area contributed by atoms with Crippen molar-refractivity contribution >= 4 is 28.4 Å². The normalized spacial score (nSPS) is 10.2. The molecule has 0 bridgehead atoms. The Morgan fingerprint density at radius 3 is 2.35 bits per heavy atom. The Morgan fingerprint density at radius 1 is 1.20 bits per heavy atom. The second kappa shape index (κ2) is 5.70. The third kappa shape index (κ3) is 3.12. The molecule has 2 rings (SSSR count). The molecule has 0 amide bonds. The van der Waals surface area contributed by atoms with Crippen molar-refractivity contribution in [2.75, 3.05) is 5.32 Å². The second-order valence-corrected chi connectivity index (χ2v) is 5.09. The lowest BCUT2D eigenvalue weighted by atomic mass is 10.1. The first-order chi connectivity index (χ1) is 9.47. The van der Waals surface area contributed by atoms with E-state index in [0.29, 0.717) is 17.4 Å². The maximum atomic E-state index is 10.9. The predicted octanol–water partition coefficient (Wildman–Crippen LogP) is 2.46. The maximum Gasteiger partial charge on any atom is 0.347 e. The number of carboxylic acid groups (broad SMARTS) is 2. The van der Waals surface area contributed by atoms with Crippen molar-refractivity contribution in [3.8, 4) is 0 Å². The third-order valence-corrected chi connectivity index (χ3v) is 3.74. The molecule has 0 unspecified atom stereocenters. The highest BCUT2D eigenvalue weighted by Crippen LogP contribution is 2.22. The molecule has 1 aromatic heterocycles. The molecule has 0 saturated heterocycles. The Bertz CT molecular complexity index is 649. The molecular weight excluding hydrogens is 280 g/mol. The maximum absolute atomic E-state index is 10.9. The van der Waals surface area contributed by atoms with Crippen LogP contribution in [-0.4, -0.2) is 27.1 Å². The van der Waals surface area contributed by atoms with Crippen molar-refractivity contribution < 1.29 is 19.8 Å². The molecule has 0 fully saturated rings. The Labute approximate surface area is 118 Å². The Kier molecular flexibility index (Phi) is 3.99. The van der Waals surface area contributed by atoms with E-state index in [9.17, 15) is 9.59 Å². The van der Waals surface area contributed by atoms with Gasteiger partial charge >= 0.3 is 11.9 Å². The van der Waals surface area contributed by atoms with Crippen molar-refractivity contribution in [1.82, 2.24) is 4.98 Å². The van der Waals surface area contributed by atoms with Gasteiger partial charge in [-0.1, -0.05) is 23.5 Å². The highest BCUT2D eigenvalue weighted by molar-refractivity contribution is 7.17. The molecule has 0 saturated carbocycles. The Balaban J connectivity index is 2.03. The molecular formula is C13H12N2O4S. The summed E-state index contributed by atoms with van der Waals surface area (Å²) in [5.74, 6) is -1.95. The van der Waals surface area contributed by atoms with E-state index in [2.05, 4.69) is 10.3 Å². The number of nitrogens with one attached hydrogen (secondary N) is 1. The molecule has 0 radical (unpaired) electrons. The lowest BCUT2D eigenvalue weighted by Crippen LogP contribution is -2.00. The van der Waals surface area contributed by atoms with Crippen LogP contribution in [0.15, 0.2) is 24.3 Å². The van der Waals surface area contributed by atoms with Crippen LogP contribution >= 0.6 is 11.3 Å². The van der Waals surface area contributed by atoms with Crippen LogP contribution < -0.4 is 5.32 Å². The SMILES string of the molecule is Cc1nc(NCc2ccc(C(=O)O)cc2)sc1C(=O)O. The summed E-state index contributed by atoms with van der Waals surface area (Å²) in [7, 11) is 0. The Morgan fingerprint density at radius 2 is 1.85 bits per heavy atom. The minimum absolute atomic E-state index is 0.216. The van der Waals surface area contributed by atoms with E-state index in [1.807, 2.05) is 0 Å². The summed E-state index contributed by atoms with van der Waals surface area (Å²) < 4.78 is 0. The van der Waals surface area contributed by atoms with Gasteiger partial charge < -0.3 is 15.5 Å². The summed E-state index contributed by atoms with van der Waals surface area (Å²) >= 11 is 1.08. The summed E-state index contributed by atoms with van der Waals surface area (Å²) in [5, 5.41) is 21.3. The van der Waals surface area contributed by atoms with Crippen molar-refractivity contribution in [3.63, 3.8) is 0 Å². The molecule has 0 aliphatic rings. The van der Waals surface area contributed by atoms with Gasteiger partial charge in [-0.2, -0.15) is 0 Å². The topological polar surface area (TPSA) is 99.5 Å². The van der Waals surface area contributed by atoms with E-state index in [-0.39, 0.29) is 10.4 Å². The van der Waals surface area contributed by atoms with Crippen molar-refractivity contribution in [2.24, 2.45) is 0 Å². The van der Waals surface area contributed by atoms with Gasteiger partial charge in [-0.25, -0.2) is 14.6 Å². The zero-order valence-electron chi connectivity index (χ0n) is 10.6. The van der Waals surface area contributed by atoms with Gasteiger partial charge in [0.2, 0.25) is 0 Å². The van der Waals surface area contributed by atoms with Gasteiger partial charge in [-0.15, -0.1) is 0 Å². The van der Waals surface area contributed by atoms with Crippen LogP contribution in [-0.2, 0) is 6.54 Å². The molecule has 0 aliphatic heterocycles. The highest BCUT2D eigenvalue weighted by Gasteiger charge is 2.13. The number of carboxylic acids is 2. The largest absolute Gasteiger partial charge is 0.478 e. The van der Waals surface area contributed by atoms with Crippen LogP contribution in [0, 0.1) is 6.92 Å². The van der Waals surface area contributed by atoms with Gasteiger partial charge in [0.25, 0.3) is 0 Å². The smallest absolute Gasteiger partial charge is 0.347 e. The van der Waals surface area contributed by atoms with E-state index in [1.54, 1.807) is 19.1 Å². The van der Waals surface area contributed by atoms with Crippen LogP contribution in [0.2, 0.25) is 0 Å². The number of aromatic nitrogens is 1. The van der Waals surface area contributed by atoms with Gasteiger partial charge in [0.1, 0.15) is 4.88 Å². The van der Waals surface area contributed by atoms with Gasteiger partial charge in [0.15, 0.2) is 5.13 Å². The first-order valence-corrected chi connectivity index (χ1v) is 6.56. The second-order valence-electron chi connectivity index (χ2n) is 4.09. The average Bonchev–Trinajstić information content (AvgIpc) is 2.78. The Hall–Kier alpha value is -2.41. The third-order valence-electron chi connectivity index (χ3n) is 2.64. The summed E-state index contributed by atoms with van der Waals surface area (Å²) in [4.78, 5) is 26.0. The van der Waals surface area contributed by atoms with E-state index in [1.165, 1.54) is 12.1 Å². The van der Waals surface area contributed by atoms with Crippen LogP contribution in [0.3, 0.4) is 0 Å². The minimum atomic E-state index is -0.987. The number of hydrogen-bond donors (Lipinski definition) is 3. The summed E-state index contributed by atoms with van der Waals surface area (Å²) in [6, 6.07) is 6.45. The average molecular weight is 292 g/mol. The molecule has 2 aromatic rings. The molecule has 7 heteroatoms. The van der Waals surface area contributed by atoms with Crippen LogP contribution in [0.5, 0.6) is 0 Å². The minimum Gasteiger partial charge on any atom is -0.478 e. The molecule has 0 aliphatic carbocycles. The first-order valence-electron chi connectivity index (χ1n) is 5.74. The highest BCUT2D eigenvalue weighted by atomic mass is 32.1. The molecule has 0 atom stereocenters. The standard InChI is InChI=1S/C13H12N2O4S/c1-7-10(12(18)19)20-13(15-7)14-6-8-2-4-9(5-3-8)11(16)17/h2-5H,6H2,1H3,(H,14,15)(H,16,17)(H,18,19). The van der Waals surface area contributed by atoms with Gasteiger partial charge in [0.05, 0.1) is 11.3 Å². The summed E-state index contributed by atoms with van der Waals surface area (Å²) in [6.07, 6.45) is 0. The lowest BCUT2D eigenvalue weighted by molar-refractivity contribution is 0.0688. The molecule has 0 spiro atoms. The number of aromatic carboxylic acids is 2. The number of rotatable bonds is 5. The van der Waals surface area contributed by atoms with Crippen molar-refractivity contribution in [3.05, 3.63) is 46.0 Å². The molecule has 104 valence electrons. The number of hydrogen-bond acceptors (Lipinski definition) is 5. The molecule has 20 heavy (non-hydrogen) atoms. The fourth-order valence-electron chi connectivity index (χ4n) is 1.61. The van der Waals surface area contributed by atoms with Crippen molar-refractivity contribution in [1.29, 1.82) is 0 Å². The van der Waals surface area contributed by atoms with E-state index >= 15 is 0 Å². The van der Waals surface area contributed by atoms with E-state index < -0.39 is 11.9 Å². The first kappa shape index (κ1) is 14.0. The number of nitrogens with zero attached hydrogens (tertiary/aromatic N) is 1. The number of anilines is 1. The fraction of sp³-hybridized carbons (Fsp3) is 0.154. The number of aryl methyl sites for hydroxylation is 1. The zero-order chi connectivity index (χ0) is 14.7. The monoisotopic (exact) mass is 292 g/mol. The van der Waals surface area contributed by atoms with Gasteiger partial charge in [-0.3, -0.25) is 0 Å². The number of thiazole rings is 1. The zero-order valence-corrected chi connectivity index (χ0v) is 11.4. The number of carbonyl (C=O) groups is 2. The lowest BCUT2D eigenvalue weighted by Gasteiger charge is -2.03. The van der Waals surface area contributed by atoms with Crippen LogP contribution in [0.4, 0.5) is 5.13 Å². The fourth-order valence-corrected chi connectivity index (χ4v) is 2.41. The molecule has 1 heterocycles. The van der Waals surface area contributed by atoms with E-state index in [4.69, 9.17) is 10.2 Å². The summed E-state index contributed by atoms with van der Waals surface area (Å²) in [5.41, 5.74) is 1.60. The van der Waals surface area contributed by atoms with Gasteiger partial charge in [-0.05, 0) is 24.6 Å². The van der Waals surface area contributed by atoms with Crippen LogP contribution in [0.1, 0.15) is 31.3 Å². The predicted molar refractivity (Wildman–Crippen MR) is 74.5 cm³/mol. The quantitative estimate of drug-likeness (QED) is 0.782. The molecule has 1 aromatic carbocycles. The van der Waals surface area contributed by atoms with Crippen LogP contribution in [0.25, 0.3) is 0 Å².